The van der Waals surface area contributed by atoms with Crippen molar-refractivity contribution in [2.75, 3.05) is 0 Å². The van der Waals surface area contributed by atoms with Gasteiger partial charge >= 0.3 is 0 Å². The Kier molecular flexibility index (Phi) is 4.10. The molecule has 0 saturated carbocycles. The normalized spacial score (nSPS) is 11.5. The first-order chi connectivity index (χ1) is 8.24. The molecule has 0 aliphatic rings. The second kappa shape index (κ2) is 5.78. The molecule has 1 nitrogen and oxygen atoms in total. The molecular formula is C15H17NS. The van der Waals surface area contributed by atoms with Gasteiger partial charge in [0.05, 0.1) is 5.01 Å². The number of hydrogen-bond donors (Lipinski definition) is 0. The number of thiazole rings is 1. The SMILES string of the molecule is CC(C)Cc1ncc(/C=C/c2ccccc2)s1. The molecular weight excluding hydrogens is 226 g/mol. The predicted octanol–water partition coefficient (Wildman–Crippen LogP) is 4.51. The first kappa shape index (κ1) is 12.1. The van der Waals surface area contributed by atoms with Crippen molar-refractivity contribution in [2.24, 2.45) is 5.92 Å². The lowest BCUT2D eigenvalue weighted by Gasteiger charge is -1.97. The number of aromatic nitrogens is 1. The van der Waals surface area contributed by atoms with Gasteiger partial charge in [-0.1, -0.05) is 50.3 Å². The predicted molar refractivity (Wildman–Crippen MR) is 76.0 cm³/mol. The van der Waals surface area contributed by atoms with Crippen LogP contribution in [0.4, 0.5) is 0 Å². The Balaban J connectivity index is 2.04. The van der Waals surface area contributed by atoms with Gasteiger partial charge in [-0.3, -0.25) is 0 Å². The number of benzene rings is 1. The van der Waals surface area contributed by atoms with Crippen molar-refractivity contribution in [3.63, 3.8) is 0 Å². The Morgan fingerprint density at radius 2 is 1.94 bits per heavy atom. The molecule has 0 fully saturated rings. The monoisotopic (exact) mass is 243 g/mol. The minimum Gasteiger partial charge on any atom is -0.249 e. The zero-order valence-corrected chi connectivity index (χ0v) is 11.1. The highest BCUT2D eigenvalue weighted by molar-refractivity contribution is 7.12. The van der Waals surface area contributed by atoms with Crippen LogP contribution in [0, 0.1) is 5.92 Å². The molecule has 0 N–H and O–H groups in total. The summed E-state index contributed by atoms with van der Waals surface area (Å²) in [6.07, 6.45) is 7.30. The largest absolute Gasteiger partial charge is 0.249 e. The van der Waals surface area contributed by atoms with Crippen LogP contribution in [0.25, 0.3) is 12.2 Å². The van der Waals surface area contributed by atoms with E-state index in [1.165, 1.54) is 15.4 Å². The van der Waals surface area contributed by atoms with Crippen molar-refractivity contribution >= 4 is 23.5 Å². The van der Waals surface area contributed by atoms with Crippen molar-refractivity contribution in [3.8, 4) is 0 Å². The third kappa shape index (κ3) is 3.82. The molecule has 88 valence electrons. The number of nitrogens with zero attached hydrogens (tertiary/aromatic N) is 1. The highest BCUT2D eigenvalue weighted by Gasteiger charge is 2.02. The summed E-state index contributed by atoms with van der Waals surface area (Å²) in [5, 5.41) is 1.23. The maximum absolute atomic E-state index is 4.44. The molecule has 0 saturated heterocycles. The van der Waals surface area contributed by atoms with Crippen LogP contribution < -0.4 is 0 Å². The van der Waals surface area contributed by atoms with Gasteiger partial charge in [-0.05, 0) is 17.6 Å². The second-order valence-electron chi connectivity index (χ2n) is 4.50. The van der Waals surface area contributed by atoms with Gasteiger partial charge in [0.2, 0.25) is 0 Å². The lowest BCUT2D eigenvalue weighted by Crippen LogP contribution is -1.91. The molecule has 0 aliphatic carbocycles. The molecule has 0 unspecified atom stereocenters. The van der Waals surface area contributed by atoms with E-state index in [1.54, 1.807) is 11.3 Å². The van der Waals surface area contributed by atoms with Gasteiger partial charge in [-0.25, -0.2) is 4.98 Å². The maximum Gasteiger partial charge on any atom is 0.0933 e. The van der Waals surface area contributed by atoms with Crippen LogP contribution in [0.3, 0.4) is 0 Å². The topological polar surface area (TPSA) is 12.9 Å². The number of rotatable bonds is 4. The smallest absolute Gasteiger partial charge is 0.0933 e. The Bertz CT molecular complexity index is 483. The van der Waals surface area contributed by atoms with Gasteiger partial charge < -0.3 is 0 Å². The molecule has 0 amide bonds. The zero-order chi connectivity index (χ0) is 12.1. The molecule has 1 heterocycles. The first-order valence-corrected chi connectivity index (χ1v) is 6.73. The summed E-state index contributed by atoms with van der Waals surface area (Å²) in [6.45, 7) is 4.45. The fraction of sp³-hybridized carbons (Fsp3) is 0.267. The summed E-state index contributed by atoms with van der Waals surface area (Å²) in [6, 6.07) is 10.3. The highest BCUT2D eigenvalue weighted by Crippen LogP contribution is 2.18. The number of hydrogen-bond acceptors (Lipinski definition) is 2. The van der Waals surface area contributed by atoms with Crippen molar-refractivity contribution < 1.29 is 0 Å². The summed E-state index contributed by atoms with van der Waals surface area (Å²) < 4.78 is 0. The minimum absolute atomic E-state index is 0.673. The van der Waals surface area contributed by atoms with E-state index in [9.17, 15) is 0 Å². The van der Waals surface area contributed by atoms with Gasteiger partial charge in [0, 0.05) is 17.5 Å². The van der Waals surface area contributed by atoms with Crippen LogP contribution in [0.15, 0.2) is 36.5 Å². The quantitative estimate of drug-likeness (QED) is 0.769. The zero-order valence-electron chi connectivity index (χ0n) is 10.3. The molecule has 2 aromatic rings. The Hall–Kier alpha value is -1.41. The van der Waals surface area contributed by atoms with E-state index in [0.29, 0.717) is 5.92 Å². The molecule has 2 rings (SSSR count). The molecule has 1 aromatic heterocycles. The molecule has 0 radical (unpaired) electrons. The summed E-state index contributed by atoms with van der Waals surface area (Å²) >= 11 is 1.78. The van der Waals surface area contributed by atoms with Crippen LogP contribution in [-0.2, 0) is 6.42 Å². The summed E-state index contributed by atoms with van der Waals surface area (Å²) in [7, 11) is 0. The molecule has 0 atom stereocenters. The van der Waals surface area contributed by atoms with Gasteiger partial charge in [0.1, 0.15) is 0 Å². The summed E-state index contributed by atoms with van der Waals surface area (Å²) in [5.74, 6) is 0.673. The van der Waals surface area contributed by atoms with E-state index in [0.717, 1.165) is 6.42 Å². The van der Waals surface area contributed by atoms with E-state index >= 15 is 0 Å². The second-order valence-corrected chi connectivity index (χ2v) is 5.65. The van der Waals surface area contributed by atoms with Gasteiger partial charge in [0.15, 0.2) is 0 Å². The third-order valence-corrected chi connectivity index (χ3v) is 3.38. The van der Waals surface area contributed by atoms with Crippen LogP contribution in [0.1, 0.15) is 29.3 Å². The van der Waals surface area contributed by atoms with Gasteiger partial charge in [-0.15, -0.1) is 11.3 Å². The highest BCUT2D eigenvalue weighted by atomic mass is 32.1. The van der Waals surface area contributed by atoms with E-state index < -0.39 is 0 Å². The summed E-state index contributed by atoms with van der Waals surface area (Å²) in [5.41, 5.74) is 1.23. The van der Waals surface area contributed by atoms with Crippen molar-refractivity contribution in [1.82, 2.24) is 4.98 Å². The van der Waals surface area contributed by atoms with Crippen LogP contribution >= 0.6 is 11.3 Å². The third-order valence-electron chi connectivity index (χ3n) is 2.39. The van der Waals surface area contributed by atoms with E-state index in [2.05, 4.69) is 55.2 Å². The molecule has 0 aliphatic heterocycles. The van der Waals surface area contributed by atoms with E-state index in [-0.39, 0.29) is 0 Å². The lowest BCUT2D eigenvalue weighted by molar-refractivity contribution is 0.644. The van der Waals surface area contributed by atoms with Crippen molar-refractivity contribution in [1.29, 1.82) is 0 Å². The van der Waals surface area contributed by atoms with Crippen LogP contribution in [0.5, 0.6) is 0 Å². The first-order valence-electron chi connectivity index (χ1n) is 5.92. The molecule has 1 aromatic carbocycles. The fourth-order valence-electron chi connectivity index (χ4n) is 1.59. The Morgan fingerprint density at radius 3 is 2.65 bits per heavy atom. The van der Waals surface area contributed by atoms with Crippen LogP contribution in [-0.4, -0.2) is 4.98 Å². The molecule has 0 spiro atoms. The fourth-order valence-corrected chi connectivity index (χ4v) is 2.62. The average molecular weight is 243 g/mol. The van der Waals surface area contributed by atoms with Gasteiger partial charge in [-0.2, -0.15) is 0 Å². The lowest BCUT2D eigenvalue weighted by atomic mass is 10.1. The maximum atomic E-state index is 4.44. The van der Waals surface area contributed by atoms with Gasteiger partial charge in [0.25, 0.3) is 0 Å². The average Bonchev–Trinajstić information content (AvgIpc) is 2.75. The summed E-state index contributed by atoms with van der Waals surface area (Å²) in [4.78, 5) is 5.66. The van der Waals surface area contributed by atoms with E-state index in [4.69, 9.17) is 0 Å². The molecule has 0 bridgehead atoms. The Morgan fingerprint density at radius 1 is 1.18 bits per heavy atom. The standard InChI is InChI=1S/C15H17NS/c1-12(2)10-15-16-11-14(17-15)9-8-13-6-4-3-5-7-13/h3-9,11-12H,10H2,1-2H3/b9-8+. The molecule has 17 heavy (non-hydrogen) atoms. The van der Waals surface area contributed by atoms with E-state index in [1.807, 2.05) is 12.3 Å². The Labute approximate surface area is 107 Å². The minimum atomic E-state index is 0.673. The molecule has 2 heteroatoms. The van der Waals surface area contributed by atoms with Crippen molar-refractivity contribution in [3.05, 3.63) is 52.0 Å². The van der Waals surface area contributed by atoms with Crippen LogP contribution in [0.2, 0.25) is 0 Å². The van der Waals surface area contributed by atoms with Crippen molar-refractivity contribution in [2.45, 2.75) is 20.3 Å².